The van der Waals surface area contributed by atoms with Gasteiger partial charge in [0, 0.05) is 33.2 Å². The number of fused-ring (bicyclic) bond motifs is 6. The average Bonchev–Trinajstić information content (AvgIpc) is 3.62. The molecule has 44 heavy (non-hydrogen) atoms. The van der Waals surface area contributed by atoms with Gasteiger partial charge in [0.15, 0.2) is 5.82 Å². The average molecular weight is 569 g/mol. The van der Waals surface area contributed by atoms with E-state index >= 15 is 0 Å². The molecule has 0 saturated heterocycles. The van der Waals surface area contributed by atoms with Crippen molar-refractivity contribution in [2.75, 3.05) is 0 Å². The predicted octanol–water partition coefficient (Wildman–Crippen LogP) is 10.4. The lowest BCUT2D eigenvalue weighted by molar-refractivity contribution is 0.444. The van der Waals surface area contributed by atoms with Crippen LogP contribution >= 0.6 is 0 Å². The third kappa shape index (κ3) is 3.91. The molecule has 0 amide bonds. The number of para-hydroxylation sites is 4. The molecule has 9 rings (SSSR count). The molecule has 0 aliphatic heterocycles. The maximum atomic E-state index is 5.41. The highest BCUT2D eigenvalue weighted by Gasteiger charge is 2.23. The highest BCUT2D eigenvalue weighted by atomic mass is 15.1. The highest BCUT2D eigenvalue weighted by Crippen LogP contribution is 2.39. The molecular formula is C40H32N4. The van der Waals surface area contributed by atoms with Crippen molar-refractivity contribution in [3.05, 3.63) is 133 Å². The zero-order valence-electron chi connectivity index (χ0n) is 24.5. The molecule has 0 N–H and O–H groups in total. The van der Waals surface area contributed by atoms with Crippen molar-refractivity contribution in [2.24, 2.45) is 0 Å². The quantitative estimate of drug-likeness (QED) is 0.212. The third-order valence-electron chi connectivity index (χ3n) is 9.56. The van der Waals surface area contributed by atoms with Gasteiger partial charge in [-0.05, 0) is 48.6 Å². The third-order valence-corrected chi connectivity index (χ3v) is 9.56. The molecule has 8 aromatic rings. The first-order valence-electron chi connectivity index (χ1n) is 15.8. The number of hydrogen-bond donors (Lipinski definition) is 0. The molecule has 4 heteroatoms. The summed E-state index contributed by atoms with van der Waals surface area (Å²) in [7, 11) is 0. The van der Waals surface area contributed by atoms with Gasteiger partial charge in [-0.2, -0.15) is 0 Å². The molecule has 0 atom stereocenters. The SMILES string of the molecule is c1ccc(C2CCCCC2)c(-c2nc(-n3c4ccccc4c4ccccc43)cc(-n3c4ccccc4c4ccccc43)n2)c1. The summed E-state index contributed by atoms with van der Waals surface area (Å²) < 4.78 is 4.63. The Morgan fingerprint density at radius 2 is 0.864 bits per heavy atom. The van der Waals surface area contributed by atoms with Gasteiger partial charge >= 0.3 is 0 Å². The van der Waals surface area contributed by atoms with Crippen LogP contribution in [0.1, 0.15) is 43.6 Å². The summed E-state index contributed by atoms with van der Waals surface area (Å²) in [5.41, 5.74) is 7.10. The van der Waals surface area contributed by atoms with Crippen molar-refractivity contribution in [1.29, 1.82) is 0 Å². The fourth-order valence-corrected chi connectivity index (χ4v) is 7.58. The largest absolute Gasteiger partial charge is 0.294 e. The van der Waals surface area contributed by atoms with E-state index in [1.807, 2.05) is 0 Å². The Labute approximate surface area is 256 Å². The monoisotopic (exact) mass is 568 g/mol. The van der Waals surface area contributed by atoms with E-state index in [2.05, 4.69) is 137 Å². The minimum Gasteiger partial charge on any atom is -0.294 e. The summed E-state index contributed by atoms with van der Waals surface area (Å²) in [6.07, 6.45) is 6.35. The lowest BCUT2D eigenvalue weighted by Gasteiger charge is -2.24. The number of benzene rings is 5. The van der Waals surface area contributed by atoms with Crippen molar-refractivity contribution < 1.29 is 0 Å². The van der Waals surface area contributed by atoms with E-state index in [-0.39, 0.29) is 0 Å². The summed E-state index contributed by atoms with van der Waals surface area (Å²) in [6, 6.07) is 45.6. The summed E-state index contributed by atoms with van der Waals surface area (Å²) in [4.78, 5) is 10.8. The Hall–Kier alpha value is -5.22. The summed E-state index contributed by atoms with van der Waals surface area (Å²) in [6.45, 7) is 0. The summed E-state index contributed by atoms with van der Waals surface area (Å²) in [5, 5.41) is 4.90. The first kappa shape index (κ1) is 25.3. The van der Waals surface area contributed by atoms with Crippen molar-refractivity contribution in [2.45, 2.75) is 38.0 Å². The van der Waals surface area contributed by atoms with Gasteiger partial charge < -0.3 is 0 Å². The molecule has 0 radical (unpaired) electrons. The fourth-order valence-electron chi connectivity index (χ4n) is 7.58. The second kappa shape index (κ2) is 10.2. The van der Waals surface area contributed by atoms with Gasteiger partial charge in [-0.1, -0.05) is 116 Å². The first-order valence-corrected chi connectivity index (χ1v) is 15.8. The smallest absolute Gasteiger partial charge is 0.164 e. The minimum absolute atomic E-state index is 0.539. The Kier molecular flexibility index (Phi) is 5.86. The molecule has 3 aromatic heterocycles. The molecule has 1 aliphatic rings. The van der Waals surface area contributed by atoms with Crippen molar-refractivity contribution in [1.82, 2.24) is 19.1 Å². The fraction of sp³-hybridized carbons (Fsp3) is 0.150. The van der Waals surface area contributed by atoms with Gasteiger partial charge in [0.1, 0.15) is 11.6 Å². The van der Waals surface area contributed by atoms with Crippen LogP contribution in [0.15, 0.2) is 127 Å². The molecule has 1 saturated carbocycles. The van der Waals surface area contributed by atoms with Crippen LogP contribution in [-0.2, 0) is 0 Å². The molecule has 1 fully saturated rings. The molecule has 5 aromatic carbocycles. The van der Waals surface area contributed by atoms with Crippen molar-refractivity contribution in [3.63, 3.8) is 0 Å². The maximum absolute atomic E-state index is 5.41. The van der Waals surface area contributed by atoms with Gasteiger partial charge in [0.25, 0.3) is 0 Å². The van der Waals surface area contributed by atoms with Gasteiger partial charge in [-0.25, -0.2) is 9.97 Å². The van der Waals surface area contributed by atoms with Crippen LogP contribution in [-0.4, -0.2) is 19.1 Å². The van der Waals surface area contributed by atoms with E-state index in [9.17, 15) is 0 Å². The van der Waals surface area contributed by atoms with Crippen LogP contribution in [0.3, 0.4) is 0 Å². The van der Waals surface area contributed by atoms with Gasteiger partial charge in [-0.15, -0.1) is 0 Å². The zero-order chi connectivity index (χ0) is 29.0. The molecule has 0 bridgehead atoms. The van der Waals surface area contributed by atoms with Crippen LogP contribution in [0.25, 0.3) is 66.6 Å². The zero-order valence-corrected chi connectivity index (χ0v) is 24.5. The van der Waals surface area contributed by atoms with Crippen LogP contribution in [0.4, 0.5) is 0 Å². The van der Waals surface area contributed by atoms with E-state index < -0.39 is 0 Å². The standard InChI is InChI=1S/C40H32N4/c1-2-14-27(15-3-1)28-16-4-5-21-33(28)40-41-38(43-34-22-10-6-17-29(34)30-18-7-11-23-35(30)43)26-39(42-40)44-36-24-12-8-19-31(36)32-20-9-13-25-37(32)44/h4-13,16-27H,1-3,14-15H2. The number of nitrogens with zero attached hydrogens (tertiary/aromatic N) is 4. The van der Waals surface area contributed by atoms with Gasteiger partial charge in [0.2, 0.25) is 0 Å². The first-order chi connectivity index (χ1) is 21.8. The molecular weight excluding hydrogens is 536 g/mol. The number of aromatic nitrogens is 4. The molecule has 212 valence electrons. The molecule has 1 aliphatic carbocycles. The van der Waals surface area contributed by atoms with Crippen LogP contribution in [0.2, 0.25) is 0 Å². The van der Waals surface area contributed by atoms with Gasteiger partial charge in [-0.3, -0.25) is 9.13 Å². The van der Waals surface area contributed by atoms with Crippen LogP contribution in [0, 0.1) is 0 Å². The number of hydrogen-bond acceptors (Lipinski definition) is 2. The second-order valence-electron chi connectivity index (χ2n) is 12.1. The molecule has 3 heterocycles. The van der Waals surface area contributed by atoms with Crippen LogP contribution in [0.5, 0.6) is 0 Å². The highest BCUT2D eigenvalue weighted by molar-refractivity contribution is 6.10. The molecule has 0 unspecified atom stereocenters. The molecule has 0 spiro atoms. The normalized spacial score (nSPS) is 14.3. The van der Waals surface area contributed by atoms with E-state index in [0.29, 0.717) is 5.92 Å². The van der Waals surface area contributed by atoms with Crippen LogP contribution < -0.4 is 0 Å². The lowest BCUT2D eigenvalue weighted by atomic mass is 9.82. The van der Waals surface area contributed by atoms with E-state index in [1.165, 1.54) is 59.2 Å². The second-order valence-corrected chi connectivity index (χ2v) is 12.1. The number of rotatable bonds is 4. The Morgan fingerprint density at radius 1 is 0.455 bits per heavy atom. The topological polar surface area (TPSA) is 35.6 Å². The minimum atomic E-state index is 0.539. The van der Waals surface area contributed by atoms with Crippen molar-refractivity contribution in [3.8, 4) is 23.0 Å². The van der Waals surface area contributed by atoms with E-state index in [1.54, 1.807) is 0 Å². The summed E-state index contributed by atoms with van der Waals surface area (Å²) in [5.74, 6) is 3.07. The van der Waals surface area contributed by atoms with Gasteiger partial charge in [0.05, 0.1) is 22.1 Å². The Morgan fingerprint density at radius 3 is 1.34 bits per heavy atom. The Balaban J connectivity index is 1.38. The maximum Gasteiger partial charge on any atom is 0.164 e. The predicted molar refractivity (Wildman–Crippen MR) is 182 cm³/mol. The summed E-state index contributed by atoms with van der Waals surface area (Å²) >= 11 is 0. The van der Waals surface area contributed by atoms with E-state index in [0.717, 1.165) is 45.1 Å². The lowest BCUT2D eigenvalue weighted by Crippen LogP contribution is -2.09. The van der Waals surface area contributed by atoms with E-state index in [4.69, 9.17) is 9.97 Å². The van der Waals surface area contributed by atoms with Crippen molar-refractivity contribution >= 4 is 43.6 Å². The molecule has 4 nitrogen and oxygen atoms in total. The Bertz CT molecular complexity index is 2100.